The van der Waals surface area contributed by atoms with Crippen molar-refractivity contribution in [2.45, 2.75) is 5.88 Å². The second-order valence-electron chi connectivity index (χ2n) is 7.88. The summed E-state index contributed by atoms with van der Waals surface area (Å²) in [5, 5.41) is 10.8. The molecule has 0 atom stereocenters. The molecule has 1 saturated heterocycles. The Labute approximate surface area is 182 Å². The molecule has 0 spiro atoms. The minimum absolute atomic E-state index is 0.0374. The third-order valence-electron chi connectivity index (χ3n) is 5.99. The second kappa shape index (κ2) is 7.21. The van der Waals surface area contributed by atoms with Gasteiger partial charge in [-0.25, -0.2) is 9.97 Å². The summed E-state index contributed by atoms with van der Waals surface area (Å²) in [5.74, 6) is -1.36. The van der Waals surface area contributed by atoms with Crippen molar-refractivity contribution in [2.75, 3.05) is 38.1 Å². The molecular weight excluding hydrogens is 420 g/mol. The molecule has 3 heterocycles. The number of ketones is 2. The molecule has 160 valence electrons. The topological polar surface area (TPSA) is 107 Å². The van der Waals surface area contributed by atoms with Crippen LogP contribution >= 0.6 is 11.6 Å². The van der Waals surface area contributed by atoms with E-state index in [-0.39, 0.29) is 34.4 Å². The number of aliphatic hydroxyl groups excluding tert-OH is 1. The molecule has 1 aromatic carbocycles. The number of nitrogens with one attached hydrogen (secondary N) is 1. The highest BCUT2D eigenvalue weighted by molar-refractivity contribution is 6.61. The molecule has 10 heteroatoms. The van der Waals surface area contributed by atoms with Crippen molar-refractivity contribution in [3.8, 4) is 0 Å². The first-order valence-corrected chi connectivity index (χ1v) is 10.5. The van der Waals surface area contributed by atoms with Crippen molar-refractivity contribution in [3.63, 3.8) is 0 Å². The van der Waals surface area contributed by atoms with Crippen LogP contribution < -0.4 is 4.90 Å². The van der Waals surface area contributed by atoms with E-state index in [4.69, 9.17) is 11.6 Å². The van der Waals surface area contributed by atoms with Gasteiger partial charge >= 0.3 is 0 Å². The standard InChI is InChI=1S/C21H21ClN6O3/c1-26-5-7-28(8-6-26)11-3-4-12-13(9-11)24-21(23-12)15-18(29)16-17(20(31)19(15)30)27(2)14(10-22)25-16/h3-4,9,29H,5-8,10H2,1-2H3,(H,23,24). The predicted molar refractivity (Wildman–Crippen MR) is 117 cm³/mol. The summed E-state index contributed by atoms with van der Waals surface area (Å²) in [5.41, 5.74) is 2.33. The van der Waals surface area contributed by atoms with E-state index in [1.165, 1.54) is 4.57 Å². The van der Waals surface area contributed by atoms with Gasteiger partial charge in [0.2, 0.25) is 5.78 Å². The van der Waals surface area contributed by atoms with Crippen molar-refractivity contribution in [1.29, 1.82) is 0 Å². The van der Waals surface area contributed by atoms with Crippen LogP contribution in [0.1, 0.15) is 27.8 Å². The molecule has 0 unspecified atom stereocenters. The number of nitrogens with zero attached hydrogens (tertiary/aromatic N) is 5. The number of aromatic amines is 1. The lowest BCUT2D eigenvalue weighted by atomic mass is 9.95. The van der Waals surface area contributed by atoms with Gasteiger partial charge in [-0.3, -0.25) is 9.59 Å². The number of Topliss-reactive ketones (excluding diaryl/α,β-unsaturated/α-hetero) is 2. The molecule has 9 nitrogen and oxygen atoms in total. The molecule has 3 aromatic rings. The van der Waals surface area contributed by atoms with E-state index >= 15 is 0 Å². The van der Waals surface area contributed by atoms with E-state index in [9.17, 15) is 14.7 Å². The van der Waals surface area contributed by atoms with E-state index in [1.54, 1.807) is 7.05 Å². The Balaban J connectivity index is 1.58. The first-order chi connectivity index (χ1) is 14.9. The third-order valence-corrected chi connectivity index (χ3v) is 6.23. The zero-order valence-electron chi connectivity index (χ0n) is 17.1. The lowest BCUT2D eigenvalue weighted by molar-refractivity contribution is -0.110. The monoisotopic (exact) mass is 440 g/mol. The van der Waals surface area contributed by atoms with Crippen LogP contribution in [0.4, 0.5) is 5.69 Å². The van der Waals surface area contributed by atoms with Gasteiger partial charge in [-0.05, 0) is 25.2 Å². The van der Waals surface area contributed by atoms with Gasteiger partial charge in [0.15, 0.2) is 5.76 Å². The van der Waals surface area contributed by atoms with Gasteiger partial charge in [-0.15, -0.1) is 11.6 Å². The fraction of sp³-hybridized carbons (Fsp3) is 0.333. The molecule has 1 fully saturated rings. The molecule has 0 bridgehead atoms. The highest BCUT2D eigenvalue weighted by Crippen LogP contribution is 2.33. The normalized spacial score (nSPS) is 17.7. The van der Waals surface area contributed by atoms with Crippen LogP contribution in [0.3, 0.4) is 0 Å². The van der Waals surface area contributed by atoms with Crippen LogP contribution in [0, 0.1) is 0 Å². The van der Waals surface area contributed by atoms with Crippen molar-refractivity contribution >= 4 is 51.2 Å². The molecule has 0 radical (unpaired) electrons. The molecule has 2 aliphatic rings. The summed E-state index contributed by atoms with van der Waals surface area (Å²) in [6, 6.07) is 5.83. The number of rotatable bonds is 3. The molecule has 0 saturated carbocycles. The Morgan fingerprint density at radius 2 is 1.84 bits per heavy atom. The summed E-state index contributed by atoms with van der Waals surface area (Å²) < 4.78 is 1.44. The van der Waals surface area contributed by atoms with Gasteiger partial charge in [-0.1, -0.05) is 0 Å². The molecule has 0 amide bonds. The number of H-pyrrole nitrogens is 1. The van der Waals surface area contributed by atoms with Gasteiger partial charge in [0.1, 0.15) is 28.6 Å². The van der Waals surface area contributed by atoms with E-state index in [0.29, 0.717) is 11.3 Å². The number of piperazine rings is 1. The minimum atomic E-state index is -0.826. The Morgan fingerprint density at radius 3 is 2.55 bits per heavy atom. The minimum Gasteiger partial charge on any atom is -0.505 e. The average molecular weight is 441 g/mol. The van der Waals surface area contributed by atoms with Crippen LogP contribution in [0.2, 0.25) is 0 Å². The number of halogens is 1. The van der Waals surface area contributed by atoms with Crippen LogP contribution in [0.25, 0.3) is 22.4 Å². The number of hydrogen-bond acceptors (Lipinski definition) is 7. The highest BCUT2D eigenvalue weighted by atomic mass is 35.5. The SMILES string of the molecule is CN1CCN(c2ccc3nc(C4=C(O)c5nc(CCl)n(C)c5C(=O)C4=O)[nH]c3c2)CC1. The van der Waals surface area contributed by atoms with Crippen LogP contribution in [0.15, 0.2) is 18.2 Å². The number of aromatic nitrogens is 4. The van der Waals surface area contributed by atoms with Crippen molar-refractivity contribution in [2.24, 2.45) is 7.05 Å². The first-order valence-electron chi connectivity index (χ1n) is 9.97. The van der Waals surface area contributed by atoms with Crippen LogP contribution in [-0.2, 0) is 17.7 Å². The number of hydrogen-bond donors (Lipinski definition) is 2. The average Bonchev–Trinajstić information content (AvgIpc) is 3.33. The van der Waals surface area contributed by atoms with Crippen molar-refractivity contribution in [3.05, 3.63) is 41.2 Å². The maximum atomic E-state index is 12.9. The number of imidazole rings is 2. The van der Waals surface area contributed by atoms with Crippen LogP contribution in [-0.4, -0.2) is 74.3 Å². The maximum Gasteiger partial charge on any atom is 0.252 e. The lowest BCUT2D eigenvalue weighted by Gasteiger charge is -2.34. The van der Waals surface area contributed by atoms with Crippen molar-refractivity contribution in [1.82, 2.24) is 24.4 Å². The Morgan fingerprint density at radius 1 is 1.10 bits per heavy atom. The van der Waals surface area contributed by atoms with E-state index in [1.807, 2.05) is 18.2 Å². The van der Waals surface area contributed by atoms with Gasteiger partial charge in [0.25, 0.3) is 5.78 Å². The van der Waals surface area contributed by atoms with E-state index < -0.39 is 11.6 Å². The number of benzene rings is 1. The summed E-state index contributed by atoms with van der Waals surface area (Å²) in [6.45, 7) is 3.82. The number of alkyl halides is 1. The number of carbonyl (C=O) groups is 2. The van der Waals surface area contributed by atoms with Gasteiger partial charge in [0, 0.05) is 38.9 Å². The Hall–Kier alpha value is -3.17. The number of likely N-dealkylation sites (N-methyl/N-ethyl adjacent to an activating group) is 1. The summed E-state index contributed by atoms with van der Waals surface area (Å²) in [6.07, 6.45) is 0. The zero-order chi connectivity index (χ0) is 21.9. The highest BCUT2D eigenvalue weighted by Gasteiger charge is 2.39. The maximum absolute atomic E-state index is 12.9. The fourth-order valence-corrected chi connectivity index (χ4v) is 4.37. The number of carbonyl (C=O) groups excluding carboxylic acids is 2. The molecule has 2 aromatic heterocycles. The molecule has 31 heavy (non-hydrogen) atoms. The first kappa shape index (κ1) is 19.8. The lowest BCUT2D eigenvalue weighted by Crippen LogP contribution is -2.44. The second-order valence-corrected chi connectivity index (χ2v) is 8.14. The predicted octanol–water partition coefficient (Wildman–Crippen LogP) is 1.98. The summed E-state index contributed by atoms with van der Waals surface area (Å²) >= 11 is 5.87. The number of allylic oxidation sites excluding steroid dienone is 1. The molecule has 2 N–H and O–H groups in total. The van der Waals surface area contributed by atoms with Crippen LogP contribution in [0.5, 0.6) is 0 Å². The zero-order valence-corrected chi connectivity index (χ0v) is 17.9. The number of anilines is 1. The Bertz CT molecular complexity index is 1270. The molecule has 1 aliphatic carbocycles. The van der Waals surface area contributed by atoms with Gasteiger partial charge < -0.3 is 24.5 Å². The fourth-order valence-electron chi connectivity index (χ4n) is 4.13. The number of fused-ring (bicyclic) bond motifs is 2. The third kappa shape index (κ3) is 3.03. The summed E-state index contributed by atoms with van der Waals surface area (Å²) in [7, 11) is 3.70. The van der Waals surface area contributed by atoms with Crippen molar-refractivity contribution < 1.29 is 14.7 Å². The Kier molecular flexibility index (Phi) is 4.60. The van der Waals surface area contributed by atoms with Gasteiger partial charge in [-0.2, -0.15) is 0 Å². The van der Waals surface area contributed by atoms with E-state index in [0.717, 1.165) is 37.4 Å². The van der Waals surface area contributed by atoms with Gasteiger partial charge in [0.05, 0.1) is 16.9 Å². The number of aliphatic hydroxyl groups is 1. The molecular formula is C21H21ClN6O3. The summed E-state index contributed by atoms with van der Waals surface area (Å²) in [4.78, 5) is 42.0. The largest absolute Gasteiger partial charge is 0.505 e. The quantitative estimate of drug-likeness (QED) is 0.473. The molecule has 1 aliphatic heterocycles. The van der Waals surface area contributed by atoms with E-state index in [2.05, 4.69) is 31.8 Å². The molecule has 5 rings (SSSR count). The smallest absolute Gasteiger partial charge is 0.252 e.